The van der Waals surface area contributed by atoms with Crippen molar-refractivity contribution in [2.24, 2.45) is 10.2 Å². The quantitative estimate of drug-likeness (QED) is 0.364. The minimum atomic E-state index is 0.640. The summed E-state index contributed by atoms with van der Waals surface area (Å²) in [5.74, 6) is 1.62. The maximum absolute atomic E-state index is 5.37. The van der Waals surface area contributed by atoms with E-state index in [9.17, 15) is 0 Å². The molecule has 0 bridgehead atoms. The predicted octanol–water partition coefficient (Wildman–Crippen LogP) is 5.39. The van der Waals surface area contributed by atoms with Crippen LogP contribution in [0, 0.1) is 6.07 Å². The average molecular weight is 411 g/mol. The molecule has 6 heteroatoms. The van der Waals surface area contributed by atoms with Gasteiger partial charge in [-0.3, -0.25) is 0 Å². The number of azo groups is 1. The van der Waals surface area contributed by atoms with Gasteiger partial charge in [-0.25, -0.2) is 0 Å². The fraction of sp³-hybridized carbons (Fsp3) is 0.250. The molecule has 0 aliphatic heterocycles. The molecule has 0 aliphatic carbocycles. The van der Waals surface area contributed by atoms with E-state index in [0.717, 1.165) is 17.2 Å². The van der Waals surface area contributed by atoms with Crippen LogP contribution in [0.25, 0.3) is 0 Å². The van der Waals surface area contributed by atoms with Gasteiger partial charge >= 0.3 is 27.7 Å². The van der Waals surface area contributed by atoms with E-state index >= 15 is 0 Å². The minimum absolute atomic E-state index is 0.640. The maximum atomic E-state index is 5.37. The van der Waals surface area contributed by atoms with Crippen molar-refractivity contribution >= 4 is 20.9 Å². The molecule has 0 unspecified atom stereocenters. The first-order valence-electron chi connectivity index (χ1n) is 6.73. The zero-order valence-electron chi connectivity index (χ0n) is 12.4. The second kappa shape index (κ2) is 11.2. The van der Waals surface area contributed by atoms with Crippen molar-refractivity contribution in [2.45, 2.75) is 13.8 Å². The molecular weight excluding hydrogens is 394 g/mol. The monoisotopic (exact) mass is 410 g/mol. The van der Waals surface area contributed by atoms with Gasteiger partial charge in [0.15, 0.2) is 0 Å². The van der Waals surface area contributed by atoms with Gasteiger partial charge in [-0.15, -0.1) is 18.2 Å². The Balaban J connectivity index is 0.00000116. The van der Waals surface area contributed by atoms with Gasteiger partial charge in [-0.05, 0) is 43.8 Å². The van der Waals surface area contributed by atoms with E-state index < -0.39 is 0 Å². The molecule has 0 radical (unpaired) electrons. The van der Waals surface area contributed by atoms with Crippen LogP contribution in [0.2, 0.25) is 0 Å². The molecule has 4 nitrogen and oxygen atoms in total. The van der Waals surface area contributed by atoms with Crippen LogP contribution in [-0.4, -0.2) is 13.2 Å². The Kier molecular flexibility index (Phi) is 9.49. The summed E-state index contributed by atoms with van der Waals surface area (Å²) in [4.78, 5) is 0. The summed E-state index contributed by atoms with van der Waals surface area (Å²) < 4.78 is 10.7. The number of halogens is 1. The van der Waals surface area contributed by atoms with Gasteiger partial charge in [0, 0.05) is 5.75 Å². The van der Waals surface area contributed by atoms with Gasteiger partial charge in [-0.1, -0.05) is 0 Å². The Morgan fingerprint density at radius 3 is 2.05 bits per heavy atom. The Bertz CT molecular complexity index is 508. The summed E-state index contributed by atoms with van der Waals surface area (Å²) in [7, 11) is 4.49. The molecule has 0 N–H and O–H groups in total. The standard InChI is InChI=1S/C16H17N2O2.ClH.Pd/c1-3-19-15-9-5-13(6-10-15)17-18-14-7-11-16(12-8-14)20-4-2;;/h5-7,9-12H,3-4H2,1-2H3;1H;/q-1;;+2/p-1. The van der Waals surface area contributed by atoms with E-state index in [-0.39, 0.29) is 0 Å². The van der Waals surface area contributed by atoms with E-state index in [1.807, 2.05) is 50.2 Å². The topological polar surface area (TPSA) is 43.2 Å². The van der Waals surface area contributed by atoms with E-state index in [1.165, 1.54) is 0 Å². The number of ether oxygens (including phenoxy) is 2. The van der Waals surface area contributed by atoms with Gasteiger partial charge in [0.1, 0.15) is 5.75 Å². The Hall–Kier alpha value is -1.41. The molecule has 0 heterocycles. The molecule has 2 aromatic carbocycles. The Labute approximate surface area is 145 Å². The molecule has 0 fully saturated rings. The summed E-state index contributed by atoms with van der Waals surface area (Å²) in [5, 5.41) is 8.28. The first kappa shape index (κ1) is 18.6. The van der Waals surface area contributed by atoms with Crippen LogP contribution in [0.5, 0.6) is 11.5 Å². The molecule has 0 amide bonds. The second-order valence-corrected chi connectivity index (χ2v) is 3.97. The van der Waals surface area contributed by atoms with Crippen LogP contribution in [-0.2, 0) is 18.2 Å². The van der Waals surface area contributed by atoms with Crippen molar-refractivity contribution in [1.29, 1.82) is 0 Å². The summed E-state index contributed by atoms with van der Waals surface area (Å²) in [6.45, 7) is 5.19. The molecule has 22 heavy (non-hydrogen) atoms. The first-order chi connectivity index (χ1) is 10.8. The first-order valence-corrected chi connectivity index (χ1v) is 8.73. The van der Waals surface area contributed by atoms with Crippen LogP contribution in [0.1, 0.15) is 13.8 Å². The van der Waals surface area contributed by atoms with Crippen molar-refractivity contribution in [1.82, 2.24) is 0 Å². The number of hydrogen-bond donors (Lipinski definition) is 0. The zero-order chi connectivity index (χ0) is 16.2. The van der Waals surface area contributed by atoms with Crippen molar-refractivity contribution in [3.63, 3.8) is 0 Å². The van der Waals surface area contributed by atoms with Crippen LogP contribution >= 0.6 is 9.53 Å². The molecule has 0 saturated carbocycles. The van der Waals surface area contributed by atoms with Crippen molar-refractivity contribution < 1.29 is 27.7 Å². The van der Waals surface area contributed by atoms with Gasteiger partial charge in [-0.2, -0.15) is 16.3 Å². The van der Waals surface area contributed by atoms with E-state index in [2.05, 4.69) is 44.0 Å². The van der Waals surface area contributed by atoms with Gasteiger partial charge in [0.25, 0.3) is 0 Å². The van der Waals surface area contributed by atoms with Crippen molar-refractivity contribution in [3.05, 3.63) is 48.5 Å². The summed E-state index contributed by atoms with van der Waals surface area (Å²) in [6, 6.07) is 15.9. The molecule has 0 aromatic heterocycles. The molecule has 120 valence electrons. The Morgan fingerprint density at radius 2 is 1.50 bits per heavy atom. The molecule has 2 rings (SSSR count). The molecule has 2 aromatic rings. The van der Waals surface area contributed by atoms with E-state index in [1.54, 1.807) is 6.07 Å². The average Bonchev–Trinajstić information content (AvgIpc) is 2.58. The van der Waals surface area contributed by atoms with Gasteiger partial charge in [0.05, 0.1) is 18.9 Å². The molecule has 0 aliphatic rings. The molecule has 0 spiro atoms. The third kappa shape index (κ3) is 6.57. The van der Waals surface area contributed by atoms with Gasteiger partial charge in [0.2, 0.25) is 0 Å². The second-order valence-electron chi connectivity index (χ2n) is 3.97. The molecular formula is C16H17ClN2O2Pd. The molecule has 0 atom stereocenters. The van der Waals surface area contributed by atoms with Crippen LogP contribution < -0.4 is 9.47 Å². The zero-order valence-corrected chi connectivity index (χ0v) is 14.7. The van der Waals surface area contributed by atoms with Gasteiger partial charge < -0.3 is 9.47 Å². The van der Waals surface area contributed by atoms with E-state index in [4.69, 9.17) is 9.47 Å². The third-order valence-corrected chi connectivity index (χ3v) is 2.50. The van der Waals surface area contributed by atoms with Crippen LogP contribution in [0.3, 0.4) is 0 Å². The number of hydrogen-bond acceptors (Lipinski definition) is 4. The number of nitrogens with zero attached hydrogens (tertiary/aromatic N) is 2. The van der Waals surface area contributed by atoms with Crippen LogP contribution in [0.4, 0.5) is 11.4 Å². The normalized spacial score (nSPS) is 10.0. The predicted molar refractivity (Wildman–Crippen MR) is 84.1 cm³/mol. The van der Waals surface area contributed by atoms with Crippen molar-refractivity contribution in [2.75, 3.05) is 13.2 Å². The fourth-order valence-corrected chi connectivity index (χ4v) is 1.61. The number of rotatable bonds is 6. The third-order valence-electron chi connectivity index (χ3n) is 2.50. The summed E-state index contributed by atoms with van der Waals surface area (Å²) in [5.41, 5.74) is 1.44. The van der Waals surface area contributed by atoms with Crippen molar-refractivity contribution in [3.8, 4) is 11.5 Å². The summed E-state index contributed by atoms with van der Waals surface area (Å²) in [6.07, 6.45) is 0. The molecule has 0 saturated heterocycles. The van der Waals surface area contributed by atoms with Crippen LogP contribution in [0.15, 0.2) is 52.7 Å². The SMILES string of the molecule is CCOc1c[c-]c(N=Nc2ccc(OCC)cc2)cc1.[Cl][Pd+]. The van der Waals surface area contributed by atoms with E-state index in [0.29, 0.717) is 18.9 Å². The number of benzene rings is 2. The Morgan fingerprint density at radius 1 is 0.909 bits per heavy atom. The summed E-state index contributed by atoms with van der Waals surface area (Å²) >= 11 is 2.22. The fourth-order valence-electron chi connectivity index (χ4n) is 1.61.